The number of aromatic nitrogens is 4. The van der Waals surface area contributed by atoms with Crippen LogP contribution >= 0.6 is 0 Å². The highest BCUT2D eigenvalue weighted by Gasteiger charge is 2.19. The van der Waals surface area contributed by atoms with Crippen LogP contribution in [-0.2, 0) is 17.9 Å². The van der Waals surface area contributed by atoms with Gasteiger partial charge in [0.1, 0.15) is 12.2 Å². The molecule has 0 unspecified atom stereocenters. The Bertz CT molecular complexity index is 977. The molecule has 9 heteroatoms. The minimum absolute atomic E-state index is 0.271. The predicted octanol–water partition coefficient (Wildman–Crippen LogP) is 3.46. The zero-order valence-electron chi connectivity index (χ0n) is 16.9. The van der Waals surface area contributed by atoms with Gasteiger partial charge >= 0.3 is 0 Å². The van der Waals surface area contributed by atoms with Crippen LogP contribution in [0, 0.1) is 6.92 Å². The normalized spacial score (nSPS) is 11.7. The van der Waals surface area contributed by atoms with E-state index >= 15 is 0 Å². The van der Waals surface area contributed by atoms with Crippen molar-refractivity contribution in [2.45, 2.75) is 40.3 Å². The number of imidazole rings is 1. The third-order valence-corrected chi connectivity index (χ3v) is 4.89. The molecular weight excluding hydrogens is 378 g/mol. The van der Waals surface area contributed by atoms with Crippen LogP contribution in [0.25, 0.3) is 11.0 Å². The van der Waals surface area contributed by atoms with E-state index in [1.54, 1.807) is 6.92 Å². The highest BCUT2D eigenvalue weighted by molar-refractivity contribution is 5.91. The van der Waals surface area contributed by atoms with Crippen molar-refractivity contribution in [3.05, 3.63) is 41.7 Å². The topological polar surface area (TPSA) is 68.0 Å². The van der Waals surface area contributed by atoms with Crippen LogP contribution in [-0.4, -0.2) is 49.8 Å². The summed E-state index contributed by atoms with van der Waals surface area (Å²) in [5.74, 6) is -0.0415. The molecule has 0 bridgehead atoms. The molecule has 0 saturated carbocycles. The summed E-state index contributed by atoms with van der Waals surface area (Å²) < 4.78 is 29.3. The molecule has 0 fully saturated rings. The first-order valence-corrected chi connectivity index (χ1v) is 9.72. The van der Waals surface area contributed by atoms with Gasteiger partial charge in [-0.05, 0) is 38.2 Å². The van der Waals surface area contributed by atoms with Crippen molar-refractivity contribution in [2.24, 2.45) is 0 Å². The number of fused-ring (bicyclic) bond motifs is 1. The van der Waals surface area contributed by atoms with Crippen molar-refractivity contribution >= 4 is 22.9 Å². The fourth-order valence-electron chi connectivity index (χ4n) is 3.35. The van der Waals surface area contributed by atoms with Crippen LogP contribution in [0.4, 0.5) is 14.7 Å². The molecule has 29 heavy (non-hydrogen) atoms. The van der Waals surface area contributed by atoms with E-state index in [0.717, 1.165) is 35.3 Å². The minimum atomic E-state index is -2.69. The summed E-state index contributed by atoms with van der Waals surface area (Å²) in [7, 11) is 0. The maximum absolute atomic E-state index is 13.2. The van der Waals surface area contributed by atoms with Gasteiger partial charge in [-0.2, -0.15) is 5.10 Å². The number of rotatable bonds is 9. The largest absolute Gasteiger partial charge is 0.309 e. The standard InChI is InChI=1S/C20H26F2N6O/c1-4-26(5-2)10-11-27-16-9-7-6-8-15(16)23-20(27)24-18(29)13-28-17(19(21)22)12-14(3)25-28/h6-9,12,19H,4-5,10-11,13H2,1-3H3,(H,23,24,29). The molecule has 0 atom stereocenters. The van der Waals surface area contributed by atoms with Crippen molar-refractivity contribution in [3.63, 3.8) is 0 Å². The van der Waals surface area contributed by atoms with Crippen molar-refractivity contribution < 1.29 is 13.6 Å². The second-order valence-electron chi connectivity index (χ2n) is 6.82. The maximum Gasteiger partial charge on any atom is 0.280 e. The first kappa shape index (κ1) is 20.9. The van der Waals surface area contributed by atoms with Crippen LogP contribution in [0.15, 0.2) is 30.3 Å². The number of halogens is 2. The Labute approximate surface area is 168 Å². The zero-order valence-corrected chi connectivity index (χ0v) is 16.9. The maximum atomic E-state index is 13.2. The number of carbonyl (C=O) groups excluding carboxylic acids is 1. The molecule has 2 heterocycles. The lowest BCUT2D eigenvalue weighted by atomic mass is 10.3. The van der Waals surface area contributed by atoms with E-state index in [2.05, 4.69) is 34.1 Å². The van der Waals surface area contributed by atoms with Gasteiger partial charge in [-0.3, -0.25) is 14.8 Å². The molecule has 2 aromatic heterocycles. The molecule has 0 saturated heterocycles. The van der Waals surface area contributed by atoms with Gasteiger partial charge in [-0.15, -0.1) is 0 Å². The molecule has 1 amide bonds. The van der Waals surface area contributed by atoms with E-state index in [1.807, 2.05) is 28.8 Å². The average molecular weight is 404 g/mol. The number of aryl methyl sites for hydroxylation is 1. The smallest absolute Gasteiger partial charge is 0.280 e. The predicted molar refractivity (Wildman–Crippen MR) is 108 cm³/mol. The fourth-order valence-corrected chi connectivity index (χ4v) is 3.35. The number of nitrogens with one attached hydrogen (secondary N) is 1. The molecule has 7 nitrogen and oxygen atoms in total. The Balaban J connectivity index is 1.82. The number of nitrogens with zero attached hydrogens (tertiary/aromatic N) is 5. The molecule has 3 rings (SSSR count). The van der Waals surface area contributed by atoms with Crippen LogP contribution in [0.3, 0.4) is 0 Å². The Morgan fingerprint density at radius 3 is 2.66 bits per heavy atom. The number of likely N-dealkylation sites (N-methyl/N-ethyl adjacent to an activating group) is 1. The van der Waals surface area contributed by atoms with Gasteiger partial charge in [0, 0.05) is 13.1 Å². The summed E-state index contributed by atoms with van der Waals surface area (Å²) >= 11 is 0. The number of carbonyl (C=O) groups is 1. The lowest BCUT2D eigenvalue weighted by Crippen LogP contribution is -2.28. The van der Waals surface area contributed by atoms with Crippen LogP contribution in [0.5, 0.6) is 0 Å². The summed E-state index contributed by atoms with van der Waals surface area (Å²) in [5.41, 5.74) is 1.86. The molecule has 0 spiro atoms. The highest BCUT2D eigenvalue weighted by Crippen LogP contribution is 2.21. The van der Waals surface area contributed by atoms with Crippen molar-refractivity contribution in [2.75, 3.05) is 25.0 Å². The van der Waals surface area contributed by atoms with E-state index in [9.17, 15) is 13.6 Å². The molecule has 1 N–H and O–H groups in total. The first-order chi connectivity index (χ1) is 13.9. The summed E-state index contributed by atoms with van der Waals surface area (Å²) in [6.45, 7) is 8.85. The molecule has 1 aromatic carbocycles. The summed E-state index contributed by atoms with van der Waals surface area (Å²) in [6, 6.07) is 8.93. The van der Waals surface area contributed by atoms with Gasteiger partial charge in [0.05, 0.1) is 16.7 Å². The van der Waals surface area contributed by atoms with Gasteiger partial charge in [-0.1, -0.05) is 26.0 Å². The third kappa shape index (κ3) is 4.79. The molecule has 0 aliphatic heterocycles. The Morgan fingerprint density at radius 2 is 1.97 bits per heavy atom. The average Bonchev–Trinajstić information content (AvgIpc) is 3.22. The number of para-hydroxylation sites is 2. The number of hydrogen-bond acceptors (Lipinski definition) is 4. The molecule has 3 aromatic rings. The SMILES string of the molecule is CCN(CC)CCn1c(NC(=O)Cn2nc(C)cc2C(F)F)nc2ccccc21. The second kappa shape index (κ2) is 9.13. The molecular formula is C20H26F2N6O. The minimum Gasteiger partial charge on any atom is -0.309 e. The number of benzene rings is 1. The fraction of sp³-hybridized carbons (Fsp3) is 0.450. The molecule has 0 radical (unpaired) electrons. The first-order valence-electron chi connectivity index (χ1n) is 9.72. The highest BCUT2D eigenvalue weighted by atomic mass is 19.3. The second-order valence-corrected chi connectivity index (χ2v) is 6.82. The van der Waals surface area contributed by atoms with Crippen LogP contribution in [0.2, 0.25) is 0 Å². The lowest BCUT2D eigenvalue weighted by Gasteiger charge is -2.19. The summed E-state index contributed by atoms with van der Waals surface area (Å²) in [5, 5.41) is 6.77. The monoisotopic (exact) mass is 404 g/mol. The summed E-state index contributed by atoms with van der Waals surface area (Å²) in [6.07, 6.45) is -2.69. The van der Waals surface area contributed by atoms with Crippen molar-refractivity contribution in [1.29, 1.82) is 0 Å². The Kier molecular flexibility index (Phi) is 6.58. The van der Waals surface area contributed by atoms with Crippen LogP contribution < -0.4 is 5.32 Å². The zero-order chi connectivity index (χ0) is 21.0. The van der Waals surface area contributed by atoms with Gasteiger partial charge in [0.15, 0.2) is 0 Å². The van der Waals surface area contributed by atoms with E-state index in [1.165, 1.54) is 6.07 Å². The number of anilines is 1. The lowest BCUT2D eigenvalue weighted by molar-refractivity contribution is -0.117. The third-order valence-electron chi connectivity index (χ3n) is 4.89. The van der Waals surface area contributed by atoms with Crippen molar-refractivity contribution in [1.82, 2.24) is 24.2 Å². The summed E-state index contributed by atoms with van der Waals surface area (Å²) in [4.78, 5) is 19.4. The van der Waals surface area contributed by atoms with E-state index in [0.29, 0.717) is 18.2 Å². The van der Waals surface area contributed by atoms with Crippen molar-refractivity contribution in [3.8, 4) is 0 Å². The quantitative estimate of drug-likeness (QED) is 0.593. The van der Waals surface area contributed by atoms with Gasteiger partial charge in [-0.25, -0.2) is 13.8 Å². The molecule has 156 valence electrons. The number of hydrogen-bond donors (Lipinski definition) is 1. The molecule has 0 aliphatic carbocycles. The molecule has 0 aliphatic rings. The van der Waals surface area contributed by atoms with Gasteiger partial charge in [0.2, 0.25) is 11.9 Å². The van der Waals surface area contributed by atoms with E-state index in [4.69, 9.17) is 0 Å². The Hall–Kier alpha value is -2.81. The number of alkyl halides is 2. The Morgan fingerprint density at radius 1 is 1.24 bits per heavy atom. The van der Waals surface area contributed by atoms with Crippen LogP contribution in [0.1, 0.15) is 31.7 Å². The van der Waals surface area contributed by atoms with Gasteiger partial charge < -0.3 is 9.47 Å². The van der Waals surface area contributed by atoms with E-state index in [-0.39, 0.29) is 12.2 Å². The van der Waals surface area contributed by atoms with Gasteiger partial charge in [0.25, 0.3) is 6.43 Å². The number of amides is 1. The van der Waals surface area contributed by atoms with E-state index < -0.39 is 12.3 Å².